The molecule has 2 saturated heterocycles. The topological polar surface area (TPSA) is 0 Å². The van der Waals surface area contributed by atoms with E-state index in [1.54, 1.807) is 0 Å². The molecule has 0 N–H and O–H groups in total. The van der Waals surface area contributed by atoms with Crippen molar-refractivity contribution in [1.82, 2.24) is 0 Å². The SMILES string of the molecule is CC1(C)C(C)(C)[C]([Si](C)(C)C)([Si](C)(C)C)[Ge][C]1([Si](C)(C)C)[Si](C)(C)C.CC1(C)C(C)(C)[C]([Si](C)(C)C)([Si](C)(C)C)[Ge][C]1([Si](C)(C)C)[Si](C)(C)C.[Te].[Te]. The molecule has 0 unspecified atom stereocenters. The second kappa shape index (κ2) is 15.6. The smallest absolute Gasteiger partial charge is 0 e. The maximum absolute atomic E-state index is 2.73. The fourth-order valence-electron chi connectivity index (χ4n) is 16.6. The van der Waals surface area contributed by atoms with Crippen molar-refractivity contribution in [2.24, 2.45) is 21.7 Å². The van der Waals surface area contributed by atoms with Crippen LogP contribution in [0.4, 0.5) is 0 Å². The first-order valence-corrected chi connectivity index (χ1v) is 52.7. The van der Waals surface area contributed by atoms with Gasteiger partial charge < -0.3 is 0 Å². The Morgan fingerprint density at radius 1 is 0.212 bits per heavy atom. The van der Waals surface area contributed by atoms with Crippen LogP contribution in [0, 0.1) is 21.7 Å². The van der Waals surface area contributed by atoms with E-state index in [1.807, 2.05) is 0 Å². The minimum Gasteiger partial charge on any atom is 0 e. The van der Waals surface area contributed by atoms with Crippen molar-refractivity contribution < 1.29 is 0 Å². The largest absolute Gasteiger partial charge is 0 e. The maximum Gasteiger partial charge on any atom is 0 e. The molecule has 308 valence electrons. The fourth-order valence-corrected chi connectivity index (χ4v) is 113. The molecule has 2 heterocycles. The molecule has 2 rings (SSSR count). The van der Waals surface area contributed by atoms with Crippen LogP contribution in [-0.2, 0) is 0 Å². The van der Waals surface area contributed by atoms with Gasteiger partial charge in [-0.05, 0) is 0 Å². The van der Waals surface area contributed by atoms with Crippen molar-refractivity contribution in [3.8, 4) is 0 Å². The Kier molecular flexibility index (Phi) is 17.6. The maximum atomic E-state index is 2.73. The molecule has 2 aliphatic heterocycles. The van der Waals surface area contributed by atoms with Crippen molar-refractivity contribution in [2.45, 2.75) is 226 Å². The Morgan fingerprint density at radius 3 is 0.327 bits per heavy atom. The van der Waals surface area contributed by atoms with Crippen LogP contribution in [-0.4, -0.2) is 143 Å². The third-order valence-electron chi connectivity index (χ3n) is 16.6. The quantitative estimate of drug-likeness (QED) is 0.213. The molecule has 0 atom stereocenters. The summed E-state index contributed by atoms with van der Waals surface area (Å²) in [6, 6.07) is 0. The minimum atomic E-state index is -1.32. The Bertz CT molecular complexity index is 1000. The van der Waals surface area contributed by atoms with Crippen molar-refractivity contribution in [1.29, 1.82) is 0 Å². The first kappa shape index (κ1) is 58.5. The summed E-state index contributed by atoms with van der Waals surface area (Å²) in [4.78, 5) is 0. The first-order valence-electron chi connectivity index (χ1n) is 20.5. The molecule has 0 aromatic carbocycles. The Morgan fingerprint density at radius 2 is 0.288 bits per heavy atom. The summed E-state index contributed by atoms with van der Waals surface area (Å²) in [5.41, 5.74) is 1.87. The molecule has 8 radical (unpaired) electrons. The van der Waals surface area contributed by atoms with E-state index in [1.165, 1.54) is 0 Å². The summed E-state index contributed by atoms with van der Waals surface area (Å²) in [6.45, 7) is 87.4. The van der Waals surface area contributed by atoms with Crippen molar-refractivity contribution in [3.63, 3.8) is 0 Å². The zero-order chi connectivity index (χ0) is 41.4. The summed E-state index contributed by atoms with van der Waals surface area (Å²) in [7, 11) is -10.6. The normalized spacial score (nSPS) is 24.9. The average molecular weight is 1200 g/mol. The van der Waals surface area contributed by atoms with Crippen LogP contribution in [0.15, 0.2) is 0 Å². The van der Waals surface area contributed by atoms with Gasteiger partial charge in [-0.3, -0.25) is 0 Å². The molecule has 0 nitrogen and oxygen atoms in total. The van der Waals surface area contributed by atoms with Gasteiger partial charge in [0.25, 0.3) is 0 Å². The van der Waals surface area contributed by atoms with E-state index >= 15 is 0 Å². The summed E-state index contributed by atoms with van der Waals surface area (Å²) in [6.07, 6.45) is 0. The second-order valence-electron chi connectivity index (χ2n) is 27.8. The predicted molar refractivity (Wildman–Crippen MR) is 276 cm³/mol. The molecule has 0 spiro atoms. The molecule has 12 heteroatoms. The monoisotopic (exact) mass is 1210 g/mol. The summed E-state index contributed by atoms with van der Waals surface area (Å²) in [5.74, 6) is 0. The molecule has 0 amide bonds. The van der Waals surface area contributed by atoms with E-state index in [2.05, 4.69) is 213 Å². The Labute approximate surface area is 386 Å². The zero-order valence-corrected chi connectivity index (χ0v) is 58.7. The molecule has 52 heavy (non-hydrogen) atoms. The first-order chi connectivity index (χ1) is 20.9. The van der Waals surface area contributed by atoms with Gasteiger partial charge in [0, 0.05) is 47.3 Å². The molecule has 2 fully saturated rings. The number of hydrogen-bond donors (Lipinski definition) is 0. The molecule has 0 saturated carbocycles. The Balaban J connectivity index is 0. The minimum absolute atomic E-state index is 0. The Hall–Kier alpha value is 4.40. The van der Waals surface area contributed by atoms with Crippen LogP contribution in [0.5, 0.6) is 0 Å². The van der Waals surface area contributed by atoms with Crippen molar-refractivity contribution in [2.75, 3.05) is 0 Å². The van der Waals surface area contributed by atoms with Crippen LogP contribution < -0.4 is 0 Å². The molecule has 0 aliphatic carbocycles. The van der Waals surface area contributed by atoms with Crippen LogP contribution in [0.1, 0.15) is 55.4 Å². The van der Waals surface area contributed by atoms with Crippen molar-refractivity contribution >= 4 is 143 Å². The molecule has 0 bridgehead atoms. The fraction of sp³-hybridized carbons (Fsp3) is 1.00. The van der Waals surface area contributed by atoms with Gasteiger partial charge in [0.2, 0.25) is 0 Å². The van der Waals surface area contributed by atoms with Gasteiger partial charge in [-0.2, -0.15) is 0 Å². The van der Waals surface area contributed by atoms with Gasteiger partial charge in [-0.1, -0.05) is 0 Å². The molecular formula is C40H96Ge2Si8Te2. The summed E-state index contributed by atoms with van der Waals surface area (Å²) < 4.78 is 2.88. The van der Waals surface area contributed by atoms with Crippen LogP contribution in [0.3, 0.4) is 0 Å². The second-order valence-corrected chi connectivity index (χ2v) is 87.5. The van der Waals surface area contributed by atoms with E-state index in [0.717, 1.165) is 14.0 Å². The molecular weight excluding hydrogens is 1110 g/mol. The van der Waals surface area contributed by atoms with Gasteiger partial charge in [0.15, 0.2) is 0 Å². The molecule has 0 aromatic heterocycles. The van der Waals surface area contributed by atoms with Gasteiger partial charge in [-0.25, -0.2) is 0 Å². The van der Waals surface area contributed by atoms with Gasteiger partial charge >= 0.3 is 344 Å². The predicted octanol–water partition coefficient (Wildman–Crippen LogP) is 14.4. The molecule has 0 aromatic rings. The summed E-state index contributed by atoms with van der Waals surface area (Å²) >= 11 is -0.0895. The van der Waals surface area contributed by atoms with E-state index in [0.29, 0.717) is 21.7 Å². The van der Waals surface area contributed by atoms with E-state index < -0.39 is 64.6 Å². The van der Waals surface area contributed by atoms with E-state index in [4.69, 9.17) is 0 Å². The number of hydrogen-bond acceptors (Lipinski definition) is 0. The number of rotatable bonds is 8. The van der Waals surface area contributed by atoms with E-state index in [-0.39, 0.29) is 78.2 Å². The summed E-state index contributed by atoms with van der Waals surface area (Å²) in [5, 5.41) is 0. The third kappa shape index (κ3) is 7.65. The van der Waals surface area contributed by atoms with Crippen LogP contribution >= 0.6 is 0 Å². The van der Waals surface area contributed by atoms with Gasteiger partial charge in [-0.15, -0.1) is 0 Å². The molecule has 2 aliphatic rings. The third-order valence-corrected chi connectivity index (χ3v) is 109. The van der Waals surface area contributed by atoms with E-state index in [9.17, 15) is 0 Å². The van der Waals surface area contributed by atoms with Gasteiger partial charge in [0.1, 0.15) is 0 Å². The van der Waals surface area contributed by atoms with Crippen LogP contribution in [0.25, 0.3) is 0 Å². The van der Waals surface area contributed by atoms with Crippen LogP contribution in [0.2, 0.25) is 171 Å². The standard InChI is InChI=1S/2C20H48GeSi4.2Te/c2*1-17(2)18(3,4)20(24(11,12)13,25(14,15)16)21-19(17,22(5,6)7)23(8,9)10;;/h2*1-16H3;;. The van der Waals surface area contributed by atoms with Crippen molar-refractivity contribution in [3.05, 3.63) is 0 Å². The van der Waals surface area contributed by atoms with Gasteiger partial charge in [0.05, 0.1) is 0 Å². The zero-order valence-electron chi connectivity index (χ0n) is 41.8. The average Bonchev–Trinajstić information content (AvgIpc) is 3.00.